The molecular formula is C19H14ClN3O2. The number of hydrogen-bond donors (Lipinski definition) is 0. The first-order valence-electron chi connectivity index (χ1n) is 7.44. The smallest absolute Gasteiger partial charge is 0.178 e. The first-order valence-corrected chi connectivity index (χ1v) is 7.81. The summed E-state index contributed by atoms with van der Waals surface area (Å²) in [5, 5.41) is 9.33. The quantitative estimate of drug-likeness (QED) is 0.698. The molecule has 3 rings (SSSR count). The summed E-state index contributed by atoms with van der Waals surface area (Å²) < 4.78 is 10.9. The van der Waals surface area contributed by atoms with E-state index < -0.39 is 0 Å². The Morgan fingerprint density at radius 2 is 1.32 bits per heavy atom. The van der Waals surface area contributed by atoms with Gasteiger partial charge < -0.3 is 9.47 Å². The lowest BCUT2D eigenvalue weighted by Gasteiger charge is -2.14. The topological polar surface area (TPSA) is 68.0 Å². The molecule has 0 saturated heterocycles. The van der Waals surface area contributed by atoms with Gasteiger partial charge >= 0.3 is 0 Å². The summed E-state index contributed by atoms with van der Waals surface area (Å²) in [5.74, 6) is 1.26. The van der Waals surface area contributed by atoms with E-state index in [9.17, 15) is 5.26 Å². The van der Waals surface area contributed by atoms with E-state index in [4.69, 9.17) is 21.1 Å². The second-order valence-electron chi connectivity index (χ2n) is 5.07. The summed E-state index contributed by atoms with van der Waals surface area (Å²) in [5.41, 5.74) is 2.52. The molecule has 6 heteroatoms. The predicted molar refractivity (Wildman–Crippen MR) is 95.7 cm³/mol. The lowest BCUT2D eigenvalue weighted by Crippen LogP contribution is -2.00. The van der Waals surface area contributed by atoms with E-state index in [1.807, 2.05) is 54.6 Å². The molecular weight excluding hydrogens is 338 g/mol. The van der Waals surface area contributed by atoms with Crippen LogP contribution in [0.2, 0.25) is 5.15 Å². The molecule has 0 aliphatic heterocycles. The van der Waals surface area contributed by atoms with Crippen molar-refractivity contribution in [1.82, 2.24) is 9.97 Å². The van der Waals surface area contributed by atoms with Gasteiger partial charge in [-0.1, -0.05) is 35.9 Å². The van der Waals surface area contributed by atoms with Gasteiger partial charge in [0, 0.05) is 11.1 Å². The summed E-state index contributed by atoms with van der Waals surface area (Å²) in [6.45, 7) is 0. The lowest BCUT2D eigenvalue weighted by atomic mass is 10.0. The Morgan fingerprint density at radius 1 is 0.840 bits per heavy atom. The highest BCUT2D eigenvalue weighted by molar-refractivity contribution is 6.30. The maximum Gasteiger partial charge on any atom is 0.178 e. The van der Waals surface area contributed by atoms with Crippen molar-refractivity contribution in [2.75, 3.05) is 14.2 Å². The number of methoxy groups -OCH3 is 2. The predicted octanol–water partition coefficient (Wildman–Crippen LogP) is 4.35. The average molecular weight is 352 g/mol. The highest BCUT2D eigenvalue weighted by atomic mass is 35.5. The molecule has 1 aromatic heterocycles. The molecule has 0 N–H and O–H groups in total. The van der Waals surface area contributed by atoms with Gasteiger partial charge in [0.1, 0.15) is 29.0 Å². The van der Waals surface area contributed by atoms with Crippen LogP contribution < -0.4 is 9.47 Å². The Hall–Kier alpha value is -3.10. The maximum absolute atomic E-state index is 9.29. The van der Waals surface area contributed by atoms with Crippen LogP contribution in [0.5, 0.6) is 11.5 Å². The van der Waals surface area contributed by atoms with Crippen LogP contribution in [0.15, 0.2) is 48.5 Å². The molecule has 124 valence electrons. The van der Waals surface area contributed by atoms with E-state index in [2.05, 4.69) is 9.97 Å². The summed E-state index contributed by atoms with van der Waals surface area (Å²) in [4.78, 5) is 8.85. The first kappa shape index (κ1) is 16.7. The number of halogens is 1. The van der Waals surface area contributed by atoms with Crippen molar-refractivity contribution < 1.29 is 9.47 Å². The SMILES string of the molecule is COc1ccccc1-c1nc(Cl)c(C#N)nc1-c1ccccc1OC. The Balaban J connectivity index is 2.36. The number of ether oxygens (including phenoxy) is 2. The molecule has 5 nitrogen and oxygen atoms in total. The van der Waals surface area contributed by atoms with Crippen molar-refractivity contribution in [3.63, 3.8) is 0 Å². The number of benzene rings is 2. The molecule has 0 aliphatic rings. The molecule has 1 heterocycles. The molecule has 0 atom stereocenters. The molecule has 0 fully saturated rings. The Labute approximate surface area is 150 Å². The number of hydrogen-bond acceptors (Lipinski definition) is 5. The molecule has 0 saturated carbocycles. The summed E-state index contributed by atoms with van der Waals surface area (Å²) in [6.07, 6.45) is 0. The van der Waals surface area contributed by atoms with Gasteiger partial charge in [0.15, 0.2) is 10.8 Å². The third-order valence-corrected chi connectivity index (χ3v) is 3.95. The molecule has 0 unspecified atom stereocenters. The van der Waals surface area contributed by atoms with Crippen molar-refractivity contribution >= 4 is 11.6 Å². The monoisotopic (exact) mass is 351 g/mol. The minimum absolute atomic E-state index is 0.0436. The molecule has 2 aromatic carbocycles. The van der Waals surface area contributed by atoms with Crippen LogP contribution in [0.1, 0.15) is 5.69 Å². The van der Waals surface area contributed by atoms with Crippen LogP contribution in [-0.4, -0.2) is 24.2 Å². The normalized spacial score (nSPS) is 10.2. The van der Waals surface area contributed by atoms with Crippen molar-refractivity contribution in [3.05, 3.63) is 59.4 Å². The third-order valence-electron chi connectivity index (χ3n) is 3.68. The Kier molecular flexibility index (Phi) is 4.82. The van der Waals surface area contributed by atoms with Crippen LogP contribution in [0.4, 0.5) is 0 Å². The zero-order chi connectivity index (χ0) is 17.8. The zero-order valence-corrected chi connectivity index (χ0v) is 14.4. The standard InChI is InChI=1S/C19H14ClN3O2/c1-24-15-9-5-3-7-12(15)17-18(23-19(20)14(11-21)22-17)13-8-4-6-10-16(13)25-2/h3-10H,1-2H3. The van der Waals surface area contributed by atoms with Gasteiger partial charge in [0.2, 0.25) is 0 Å². The van der Waals surface area contributed by atoms with Gasteiger partial charge in [-0.15, -0.1) is 0 Å². The van der Waals surface area contributed by atoms with Crippen LogP contribution in [-0.2, 0) is 0 Å². The first-order chi connectivity index (χ1) is 12.2. The van der Waals surface area contributed by atoms with E-state index in [1.165, 1.54) is 0 Å². The van der Waals surface area contributed by atoms with Gasteiger partial charge in [-0.2, -0.15) is 5.26 Å². The minimum atomic E-state index is 0.0436. The number of nitriles is 1. The van der Waals surface area contributed by atoms with Gasteiger partial charge in [-0.05, 0) is 24.3 Å². The molecule has 0 amide bonds. The average Bonchev–Trinajstić information content (AvgIpc) is 2.67. The maximum atomic E-state index is 9.29. The summed E-state index contributed by atoms with van der Waals surface area (Å²) in [7, 11) is 3.16. The van der Waals surface area contributed by atoms with Crippen LogP contribution in [0, 0.1) is 11.3 Å². The fraction of sp³-hybridized carbons (Fsp3) is 0.105. The van der Waals surface area contributed by atoms with Gasteiger partial charge in [-0.3, -0.25) is 0 Å². The molecule has 0 spiro atoms. The summed E-state index contributed by atoms with van der Waals surface area (Å²) >= 11 is 6.14. The number of aromatic nitrogens is 2. The molecule has 0 aliphatic carbocycles. The van der Waals surface area contributed by atoms with E-state index in [0.29, 0.717) is 28.5 Å². The van der Waals surface area contributed by atoms with Crippen molar-refractivity contribution in [2.45, 2.75) is 0 Å². The second kappa shape index (κ2) is 7.20. The number of nitrogens with zero attached hydrogens (tertiary/aromatic N) is 3. The molecule has 25 heavy (non-hydrogen) atoms. The van der Waals surface area contributed by atoms with Crippen molar-refractivity contribution in [1.29, 1.82) is 5.26 Å². The van der Waals surface area contributed by atoms with E-state index in [1.54, 1.807) is 14.2 Å². The minimum Gasteiger partial charge on any atom is -0.496 e. The zero-order valence-electron chi connectivity index (χ0n) is 13.7. The van der Waals surface area contributed by atoms with E-state index in [0.717, 1.165) is 5.56 Å². The lowest BCUT2D eigenvalue weighted by molar-refractivity contribution is 0.415. The van der Waals surface area contributed by atoms with Crippen LogP contribution in [0.3, 0.4) is 0 Å². The number of rotatable bonds is 4. The van der Waals surface area contributed by atoms with Crippen molar-refractivity contribution in [3.8, 4) is 40.1 Å². The molecule has 0 bridgehead atoms. The highest BCUT2D eigenvalue weighted by Crippen LogP contribution is 2.39. The highest BCUT2D eigenvalue weighted by Gasteiger charge is 2.20. The second-order valence-corrected chi connectivity index (χ2v) is 5.43. The summed E-state index contributed by atoms with van der Waals surface area (Å²) in [6, 6.07) is 16.8. The Bertz CT molecular complexity index is 967. The largest absolute Gasteiger partial charge is 0.496 e. The third kappa shape index (κ3) is 3.12. The fourth-order valence-electron chi connectivity index (χ4n) is 2.54. The van der Waals surface area contributed by atoms with E-state index >= 15 is 0 Å². The van der Waals surface area contributed by atoms with Gasteiger partial charge in [-0.25, -0.2) is 9.97 Å². The van der Waals surface area contributed by atoms with Gasteiger partial charge in [0.05, 0.1) is 14.2 Å². The number of para-hydroxylation sites is 2. The van der Waals surface area contributed by atoms with Gasteiger partial charge in [0.25, 0.3) is 0 Å². The van der Waals surface area contributed by atoms with Crippen molar-refractivity contribution in [2.24, 2.45) is 0 Å². The fourth-order valence-corrected chi connectivity index (χ4v) is 2.71. The van der Waals surface area contributed by atoms with Crippen LogP contribution >= 0.6 is 11.6 Å². The molecule has 0 radical (unpaired) electrons. The molecule has 3 aromatic rings. The Morgan fingerprint density at radius 3 is 1.80 bits per heavy atom. The van der Waals surface area contributed by atoms with E-state index in [-0.39, 0.29) is 10.8 Å². The van der Waals surface area contributed by atoms with Crippen LogP contribution in [0.25, 0.3) is 22.5 Å².